The minimum Gasteiger partial charge on any atom is -0.462 e. The Hall–Kier alpha value is -1.62. The molecule has 6 rings (SSSR count). The molecule has 0 radical (unpaired) electrons. The van der Waals surface area contributed by atoms with Gasteiger partial charge >= 0.3 is 5.95 Å². The van der Waals surface area contributed by atoms with Gasteiger partial charge in [-0.1, -0.05) is 11.6 Å². The number of nitrogens with one attached hydrogen (secondary N) is 1. The molecule has 0 aromatic heterocycles. The highest BCUT2D eigenvalue weighted by atomic mass is 79.9. The minimum atomic E-state index is -0.860. The van der Waals surface area contributed by atoms with E-state index in [1.807, 2.05) is 4.90 Å². The third kappa shape index (κ3) is 3.68. The van der Waals surface area contributed by atoms with Gasteiger partial charge in [-0.25, -0.2) is 13.8 Å². The number of hydrogen-bond donors (Lipinski definition) is 1. The molecule has 3 atom stereocenters. The summed E-state index contributed by atoms with van der Waals surface area (Å²) in [5, 5.41) is 3.38. The number of rotatable bonds is 4. The molecule has 3 saturated heterocycles. The monoisotopic (exact) mass is 558 g/mol. The number of alkyl halides is 1. The molecule has 1 N–H and O–H groups in total. The smallest absolute Gasteiger partial charge is 0.302 e. The first-order valence-electron chi connectivity index (χ1n) is 11.7. The van der Waals surface area contributed by atoms with Crippen molar-refractivity contribution in [2.45, 2.75) is 49.9 Å². The molecule has 5 aliphatic heterocycles. The molecule has 1 aromatic carbocycles. The van der Waals surface area contributed by atoms with E-state index >= 15 is 4.39 Å². The van der Waals surface area contributed by atoms with Crippen LogP contribution in [0.1, 0.15) is 37.7 Å². The lowest BCUT2D eigenvalue weighted by molar-refractivity contribution is 0.0215. The van der Waals surface area contributed by atoms with E-state index in [1.165, 1.54) is 0 Å². The van der Waals surface area contributed by atoms with Gasteiger partial charge in [0, 0.05) is 19.6 Å². The van der Waals surface area contributed by atoms with Crippen molar-refractivity contribution in [1.29, 1.82) is 0 Å². The fraction of sp³-hybridized carbons (Fsp3) is 0.609. The van der Waals surface area contributed by atoms with Crippen LogP contribution in [0.15, 0.2) is 21.6 Å². The molecular weight excluding hydrogens is 534 g/mol. The number of ether oxygens (including phenoxy) is 3. The molecule has 3 fully saturated rings. The topological polar surface area (TPSA) is 58.6 Å². The molecule has 1 unspecified atom stereocenters. The van der Waals surface area contributed by atoms with Crippen molar-refractivity contribution in [2.24, 2.45) is 4.99 Å². The highest BCUT2D eigenvalue weighted by Crippen LogP contribution is 2.47. The van der Waals surface area contributed by atoms with Gasteiger partial charge in [0.1, 0.15) is 25.3 Å². The third-order valence-electron chi connectivity index (χ3n) is 7.45. The molecule has 0 spiro atoms. The van der Waals surface area contributed by atoms with E-state index in [1.54, 1.807) is 6.20 Å². The fourth-order valence-corrected chi connectivity index (χ4v) is 6.46. The van der Waals surface area contributed by atoms with E-state index in [9.17, 15) is 4.39 Å². The number of fused-ring (bicyclic) bond motifs is 1. The molecule has 5 aliphatic rings. The Bertz CT molecular complexity index is 1070. The zero-order valence-electron chi connectivity index (χ0n) is 18.6. The minimum absolute atomic E-state index is 0.00160. The molecule has 1 aromatic rings. The average Bonchev–Trinajstić information content (AvgIpc) is 3.31. The Morgan fingerprint density at radius 2 is 2.26 bits per heavy atom. The summed E-state index contributed by atoms with van der Waals surface area (Å²) in [6.45, 7) is 3.09. The molecule has 34 heavy (non-hydrogen) atoms. The third-order valence-corrected chi connectivity index (χ3v) is 8.81. The molecule has 7 nitrogen and oxygen atoms in total. The van der Waals surface area contributed by atoms with Crippen LogP contribution in [-0.2, 0) is 9.47 Å². The number of aliphatic imine (C=N–C) groups is 1. The first-order chi connectivity index (χ1) is 16.5. The van der Waals surface area contributed by atoms with Crippen LogP contribution in [-0.4, -0.2) is 73.0 Å². The number of hydrogen-bond acceptors (Lipinski definition) is 7. The zero-order chi connectivity index (χ0) is 23.4. The Morgan fingerprint density at radius 3 is 3.09 bits per heavy atom. The predicted molar refractivity (Wildman–Crippen MR) is 128 cm³/mol. The second kappa shape index (κ2) is 8.80. The van der Waals surface area contributed by atoms with Gasteiger partial charge in [-0.05, 0) is 48.2 Å². The lowest BCUT2D eigenvalue weighted by Gasteiger charge is -2.35. The molecule has 184 valence electrons. The standard InChI is InChI=1S/C23H26BrClF2N4O3/c24-17-18(25)20-16-21(19(17)27)34-15(33-11-23-4-2-5-30(23)8-13(26)7-23)9-31(22(16)29-12-28-20)14-3-1-6-32-10-14/h9,13-14,28H,1-8,10-12H2/t13-,14?,23+/m1/s1. The van der Waals surface area contributed by atoms with E-state index in [0.29, 0.717) is 49.9 Å². The van der Waals surface area contributed by atoms with Gasteiger partial charge in [0.15, 0.2) is 11.6 Å². The molecule has 11 heteroatoms. The summed E-state index contributed by atoms with van der Waals surface area (Å²) in [5.41, 5.74) is 0.666. The van der Waals surface area contributed by atoms with Crippen LogP contribution in [0.4, 0.5) is 14.5 Å². The summed E-state index contributed by atoms with van der Waals surface area (Å²) in [7, 11) is 0. The van der Waals surface area contributed by atoms with Crippen LogP contribution < -0.4 is 10.1 Å². The summed E-state index contributed by atoms with van der Waals surface area (Å²) in [6.07, 6.45) is 4.99. The molecule has 0 bridgehead atoms. The van der Waals surface area contributed by atoms with Crippen molar-refractivity contribution in [1.82, 2.24) is 9.80 Å². The van der Waals surface area contributed by atoms with E-state index in [0.717, 1.165) is 32.2 Å². The lowest BCUT2D eigenvalue weighted by Crippen LogP contribution is -2.44. The SMILES string of the molecule is Fc1c(Br)c(Cl)c2c3c1OC(OC[C@@]14CCCN1C[C@H](F)C4)=CN(C1CCCOC1)C3=NCN2. The number of amidine groups is 1. The Morgan fingerprint density at radius 1 is 1.38 bits per heavy atom. The molecule has 0 amide bonds. The summed E-state index contributed by atoms with van der Waals surface area (Å²) < 4.78 is 47.9. The van der Waals surface area contributed by atoms with E-state index in [4.69, 9.17) is 25.8 Å². The van der Waals surface area contributed by atoms with Crippen molar-refractivity contribution < 1.29 is 23.0 Å². The first-order valence-corrected chi connectivity index (χ1v) is 12.9. The number of nitrogens with zero attached hydrogens (tertiary/aromatic N) is 3. The maximum atomic E-state index is 15.5. The summed E-state index contributed by atoms with van der Waals surface area (Å²) >= 11 is 9.74. The maximum Gasteiger partial charge on any atom is 0.302 e. The van der Waals surface area contributed by atoms with Gasteiger partial charge in [-0.3, -0.25) is 4.90 Å². The fourth-order valence-electron chi connectivity index (χ4n) is 5.84. The average molecular weight is 560 g/mol. The highest BCUT2D eigenvalue weighted by molar-refractivity contribution is 9.10. The number of benzene rings is 1. The summed E-state index contributed by atoms with van der Waals surface area (Å²) in [5.74, 6) is 0.0954. The predicted octanol–water partition coefficient (Wildman–Crippen LogP) is 4.64. The highest BCUT2D eigenvalue weighted by Gasteiger charge is 2.49. The van der Waals surface area contributed by atoms with Crippen LogP contribution in [0.5, 0.6) is 5.75 Å². The second-order valence-corrected chi connectivity index (χ2v) is 10.7. The van der Waals surface area contributed by atoms with Gasteiger partial charge in [0.05, 0.1) is 45.1 Å². The van der Waals surface area contributed by atoms with Crippen molar-refractivity contribution in [3.63, 3.8) is 0 Å². The molecule has 0 saturated carbocycles. The molecular formula is C23H26BrClF2N4O3. The summed E-state index contributed by atoms with van der Waals surface area (Å²) in [4.78, 5) is 8.80. The normalized spacial score (nSPS) is 30.5. The molecule has 5 heterocycles. The van der Waals surface area contributed by atoms with E-state index in [2.05, 4.69) is 31.1 Å². The number of anilines is 1. The lowest BCUT2D eigenvalue weighted by atomic mass is 9.95. The van der Waals surface area contributed by atoms with Crippen molar-refractivity contribution in [3.8, 4) is 5.75 Å². The van der Waals surface area contributed by atoms with Crippen molar-refractivity contribution in [2.75, 3.05) is 44.9 Å². The van der Waals surface area contributed by atoms with Crippen LogP contribution >= 0.6 is 27.5 Å². The van der Waals surface area contributed by atoms with Gasteiger partial charge in [-0.2, -0.15) is 0 Å². The van der Waals surface area contributed by atoms with Crippen LogP contribution in [0, 0.1) is 5.82 Å². The van der Waals surface area contributed by atoms with E-state index in [-0.39, 0.29) is 39.4 Å². The second-order valence-electron chi connectivity index (χ2n) is 9.53. The van der Waals surface area contributed by atoms with Crippen LogP contribution in [0.25, 0.3) is 0 Å². The molecule has 0 aliphatic carbocycles. The first kappa shape index (κ1) is 22.8. The van der Waals surface area contributed by atoms with Gasteiger partial charge in [-0.15, -0.1) is 0 Å². The van der Waals surface area contributed by atoms with Crippen molar-refractivity contribution in [3.05, 3.63) is 33.0 Å². The maximum absolute atomic E-state index is 15.5. The van der Waals surface area contributed by atoms with E-state index < -0.39 is 12.0 Å². The van der Waals surface area contributed by atoms with Gasteiger partial charge in [0.2, 0.25) is 0 Å². The summed E-state index contributed by atoms with van der Waals surface area (Å²) in [6, 6.07) is -0.0140. The Labute approximate surface area is 210 Å². The van der Waals surface area contributed by atoms with Gasteiger partial charge < -0.3 is 24.4 Å². The number of halogens is 4. The van der Waals surface area contributed by atoms with Gasteiger partial charge in [0.25, 0.3) is 0 Å². The zero-order valence-corrected chi connectivity index (χ0v) is 20.9. The largest absolute Gasteiger partial charge is 0.462 e. The van der Waals surface area contributed by atoms with Crippen molar-refractivity contribution >= 4 is 39.1 Å². The quantitative estimate of drug-likeness (QED) is 0.543. The van der Waals surface area contributed by atoms with Crippen LogP contribution in [0.2, 0.25) is 5.02 Å². The van der Waals surface area contributed by atoms with Crippen LogP contribution in [0.3, 0.4) is 0 Å². The Balaban J connectivity index is 1.39. The Kier molecular flexibility index (Phi) is 5.90.